The maximum absolute atomic E-state index is 5.98. The van der Waals surface area contributed by atoms with Gasteiger partial charge in [-0.3, -0.25) is 4.90 Å². The molecule has 1 saturated carbocycles. The molecule has 0 bridgehead atoms. The molecule has 2 unspecified atom stereocenters. The minimum Gasteiger partial charge on any atom is -0.311 e. The van der Waals surface area contributed by atoms with Gasteiger partial charge in [0.1, 0.15) is 0 Å². The molecule has 1 aromatic carbocycles. The van der Waals surface area contributed by atoms with E-state index in [1.54, 1.807) is 0 Å². The largest absolute Gasteiger partial charge is 0.311 e. The number of hydrogen-bond donors (Lipinski definition) is 1. The molecule has 0 spiro atoms. The first-order valence-electron chi connectivity index (χ1n) is 7.85. The van der Waals surface area contributed by atoms with Gasteiger partial charge in [-0.1, -0.05) is 37.6 Å². The number of nitrogens with zero attached hydrogens (tertiary/aromatic N) is 1. The monoisotopic (exact) mass is 292 g/mol. The minimum absolute atomic E-state index is 0.623. The normalized spacial score (nSPS) is 28.0. The van der Waals surface area contributed by atoms with Gasteiger partial charge in [0.15, 0.2) is 0 Å². The molecule has 1 aromatic rings. The van der Waals surface area contributed by atoms with Crippen molar-refractivity contribution in [2.45, 2.75) is 45.3 Å². The van der Waals surface area contributed by atoms with Crippen LogP contribution in [0.1, 0.15) is 32.3 Å². The SMILES string of the molecule is CC(C)C1CN(Cc2ccc(Cl)cc2)C(C2CC2)CN1. The molecule has 20 heavy (non-hydrogen) atoms. The van der Waals surface area contributed by atoms with Gasteiger partial charge in [-0.25, -0.2) is 0 Å². The second-order valence-electron chi connectivity index (χ2n) is 6.72. The molecular formula is C17H25ClN2. The molecule has 1 aliphatic heterocycles. The Bertz CT molecular complexity index is 439. The van der Waals surface area contributed by atoms with Gasteiger partial charge in [-0.15, -0.1) is 0 Å². The number of benzene rings is 1. The first kappa shape index (κ1) is 14.4. The van der Waals surface area contributed by atoms with Crippen LogP contribution in [-0.2, 0) is 6.54 Å². The number of rotatable bonds is 4. The summed E-state index contributed by atoms with van der Waals surface area (Å²) in [6, 6.07) is 9.69. The number of hydrogen-bond acceptors (Lipinski definition) is 2. The number of halogens is 1. The van der Waals surface area contributed by atoms with Crippen molar-refractivity contribution in [1.29, 1.82) is 0 Å². The van der Waals surface area contributed by atoms with E-state index in [2.05, 4.69) is 36.2 Å². The lowest BCUT2D eigenvalue weighted by Crippen LogP contribution is -2.58. The fraction of sp³-hybridized carbons (Fsp3) is 0.647. The summed E-state index contributed by atoms with van der Waals surface area (Å²) in [6.07, 6.45) is 2.83. The second kappa shape index (κ2) is 6.05. The Hall–Kier alpha value is -0.570. The zero-order valence-electron chi connectivity index (χ0n) is 12.5. The van der Waals surface area contributed by atoms with Gasteiger partial charge in [0, 0.05) is 36.7 Å². The highest BCUT2D eigenvalue weighted by Gasteiger charge is 2.39. The van der Waals surface area contributed by atoms with E-state index in [1.807, 2.05) is 12.1 Å². The molecule has 1 saturated heterocycles. The molecule has 2 fully saturated rings. The first-order valence-corrected chi connectivity index (χ1v) is 8.23. The summed E-state index contributed by atoms with van der Waals surface area (Å²) >= 11 is 5.98. The Labute approximate surface area is 127 Å². The van der Waals surface area contributed by atoms with E-state index in [1.165, 1.54) is 24.9 Å². The van der Waals surface area contributed by atoms with Crippen LogP contribution in [-0.4, -0.2) is 30.1 Å². The van der Waals surface area contributed by atoms with Gasteiger partial charge in [0.2, 0.25) is 0 Å². The molecule has 2 atom stereocenters. The van der Waals surface area contributed by atoms with Crippen LogP contribution in [0.3, 0.4) is 0 Å². The lowest BCUT2D eigenvalue weighted by atomic mass is 9.97. The zero-order valence-corrected chi connectivity index (χ0v) is 13.2. The summed E-state index contributed by atoms with van der Waals surface area (Å²) in [6.45, 7) is 8.01. The van der Waals surface area contributed by atoms with E-state index >= 15 is 0 Å². The van der Waals surface area contributed by atoms with E-state index in [4.69, 9.17) is 11.6 Å². The third-order valence-corrected chi connectivity index (χ3v) is 5.01. The number of piperazine rings is 1. The van der Waals surface area contributed by atoms with Crippen molar-refractivity contribution in [3.63, 3.8) is 0 Å². The van der Waals surface area contributed by atoms with Gasteiger partial charge < -0.3 is 5.32 Å². The van der Waals surface area contributed by atoms with E-state index in [-0.39, 0.29) is 0 Å². The Morgan fingerprint density at radius 2 is 1.95 bits per heavy atom. The summed E-state index contributed by atoms with van der Waals surface area (Å²) in [7, 11) is 0. The maximum Gasteiger partial charge on any atom is 0.0406 e. The van der Waals surface area contributed by atoms with E-state index < -0.39 is 0 Å². The van der Waals surface area contributed by atoms with Crippen LogP contribution >= 0.6 is 11.6 Å². The van der Waals surface area contributed by atoms with Crippen molar-refractivity contribution < 1.29 is 0 Å². The minimum atomic E-state index is 0.623. The molecule has 1 aliphatic carbocycles. The van der Waals surface area contributed by atoms with Gasteiger partial charge in [-0.05, 0) is 42.4 Å². The summed E-state index contributed by atoms with van der Waals surface area (Å²) in [5.41, 5.74) is 1.38. The smallest absolute Gasteiger partial charge is 0.0406 e. The molecule has 3 heteroatoms. The highest BCUT2D eigenvalue weighted by atomic mass is 35.5. The molecule has 2 nitrogen and oxygen atoms in total. The van der Waals surface area contributed by atoms with Crippen LogP contribution in [0.2, 0.25) is 5.02 Å². The molecule has 3 rings (SSSR count). The standard InChI is InChI=1S/C17H25ClN2/c1-12(2)16-11-20(17(9-19-16)14-5-6-14)10-13-3-7-15(18)8-4-13/h3-4,7-8,12,14,16-17,19H,5-6,9-11H2,1-2H3. The van der Waals surface area contributed by atoms with Gasteiger partial charge in [-0.2, -0.15) is 0 Å². The summed E-state index contributed by atoms with van der Waals surface area (Å²) in [4.78, 5) is 2.70. The van der Waals surface area contributed by atoms with Crippen molar-refractivity contribution in [3.8, 4) is 0 Å². The van der Waals surface area contributed by atoms with Crippen LogP contribution in [0.4, 0.5) is 0 Å². The lowest BCUT2D eigenvalue weighted by molar-refractivity contribution is 0.0926. The van der Waals surface area contributed by atoms with E-state index in [9.17, 15) is 0 Å². The number of nitrogens with one attached hydrogen (secondary N) is 1. The highest BCUT2D eigenvalue weighted by Crippen LogP contribution is 2.37. The third kappa shape index (κ3) is 3.36. The Balaban J connectivity index is 1.70. The van der Waals surface area contributed by atoms with Gasteiger partial charge in [0.25, 0.3) is 0 Å². The highest BCUT2D eigenvalue weighted by molar-refractivity contribution is 6.30. The van der Waals surface area contributed by atoms with Crippen molar-refractivity contribution in [3.05, 3.63) is 34.9 Å². The summed E-state index contributed by atoms with van der Waals surface area (Å²) in [5.74, 6) is 1.62. The van der Waals surface area contributed by atoms with Crippen molar-refractivity contribution in [1.82, 2.24) is 10.2 Å². The maximum atomic E-state index is 5.98. The van der Waals surface area contributed by atoms with Crippen LogP contribution in [0.25, 0.3) is 0 Å². The third-order valence-electron chi connectivity index (χ3n) is 4.76. The average molecular weight is 293 g/mol. The van der Waals surface area contributed by atoms with Crippen LogP contribution in [0, 0.1) is 11.8 Å². The molecular weight excluding hydrogens is 268 g/mol. The molecule has 1 N–H and O–H groups in total. The first-order chi connectivity index (χ1) is 9.63. The van der Waals surface area contributed by atoms with Crippen LogP contribution in [0.15, 0.2) is 24.3 Å². The van der Waals surface area contributed by atoms with Crippen LogP contribution < -0.4 is 5.32 Å². The van der Waals surface area contributed by atoms with Gasteiger partial charge >= 0.3 is 0 Å². The van der Waals surface area contributed by atoms with Crippen molar-refractivity contribution in [2.24, 2.45) is 11.8 Å². The lowest BCUT2D eigenvalue weighted by Gasteiger charge is -2.42. The fourth-order valence-electron chi connectivity index (χ4n) is 3.25. The topological polar surface area (TPSA) is 15.3 Å². The molecule has 0 radical (unpaired) electrons. The molecule has 110 valence electrons. The predicted molar refractivity (Wildman–Crippen MR) is 85.0 cm³/mol. The Morgan fingerprint density at radius 3 is 2.55 bits per heavy atom. The average Bonchev–Trinajstić information content (AvgIpc) is 3.26. The Morgan fingerprint density at radius 1 is 1.25 bits per heavy atom. The van der Waals surface area contributed by atoms with Crippen molar-refractivity contribution in [2.75, 3.05) is 13.1 Å². The fourth-order valence-corrected chi connectivity index (χ4v) is 3.38. The quantitative estimate of drug-likeness (QED) is 0.913. The van der Waals surface area contributed by atoms with E-state index in [0.717, 1.165) is 30.1 Å². The van der Waals surface area contributed by atoms with E-state index in [0.29, 0.717) is 12.0 Å². The second-order valence-corrected chi connectivity index (χ2v) is 7.16. The Kier molecular flexibility index (Phi) is 4.34. The van der Waals surface area contributed by atoms with Crippen molar-refractivity contribution >= 4 is 11.6 Å². The summed E-state index contributed by atoms with van der Waals surface area (Å²) in [5, 5.41) is 4.58. The molecule has 0 aromatic heterocycles. The van der Waals surface area contributed by atoms with Crippen LogP contribution in [0.5, 0.6) is 0 Å². The zero-order chi connectivity index (χ0) is 14.1. The molecule has 0 amide bonds. The summed E-state index contributed by atoms with van der Waals surface area (Å²) < 4.78 is 0. The van der Waals surface area contributed by atoms with Gasteiger partial charge in [0.05, 0.1) is 0 Å². The predicted octanol–water partition coefficient (Wildman–Crippen LogP) is 3.55. The molecule has 2 aliphatic rings. The molecule has 1 heterocycles.